The molecule has 0 spiro atoms. The van der Waals surface area contributed by atoms with Crippen LogP contribution in [0.5, 0.6) is 0 Å². The summed E-state index contributed by atoms with van der Waals surface area (Å²) in [5.41, 5.74) is 3.96. The molecule has 2 heterocycles. The third kappa shape index (κ3) is 4.47. The minimum absolute atomic E-state index is 0.154. The van der Waals surface area contributed by atoms with Crippen LogP contribution in [0, 0.1) is 0 Å². The van der Waals surface area contributed by atoms with Gasteiger partial charge in [-0.2, -0.15) is 4.99 Å². The number of aromatic nitrogens is 2. The van der Waals surface area contributed by atoms with Crippen LogP contribution in [0.15, 0.2) is 51.3 Å². The Bertz CT molecular complexity index is 876. The summed E-state index contributed by atoms with van der Waals surface area (Å²) in [7, 11) is 0. The number of amides is 1. The van der Waals surface area contributed by atoms with E-state index < -0.39 is 0 Å². The zero-order valence-electron chi connectivity index (χ0n) is 14.0. The van der Waals surface area contributed by atoms with Gasteiger partial charge in [0.2, 0.25) is 5.13 Å². The van der Waals surface area contributed by atoms with Crippen LogP contribution < -0.4 is 5.43 Å². The van der Waals surface area contributed by atoms with E-state index in [1.807, 2.05) is 37.3 Å². The number of carbonyl (C=O) groups excluding carboxylic acids is 1. The van der Waals surface area contributed by atoms with E-state index in [0.717, 1.165) is 21.5 Å². The maximum atomic E-state index is 12.8. The van der Waals surface area contributed by atoms with Gasteiger partial charge in [-0.15, -0.1) is 16.8 Å². The lowest BCUT2D eigenvalue weighted by Crippen LogP contribution is -2.41. The number of hydrogen-bond acceptors (Lipinski definition) is 7. The zero-order valence-corrected chi connectivity index (χ0v) is 17.2. The molecule has 26 heavy (non-hydrogen) atoms. The molecule has 0 radical (unpaired) electrons. The zero-order chi connectivity index (χ0) is 18.5. The summed E-state index contributed by atoms with van der Waals surface area (Å²) in [5.74, 6) is -0.154. The lowest BCUT2D eigenvalue weighted by molar-refractivity contribution is -0.124. The Balaban J connectivity index is 1.90. The van der Waals surface area contributed by atoms with Gasteiger partial charge >= 0.3 is 0 Å². The van der Waals surface area contributed by atoms with Crippen molar-refractivity contribution in [2.45, 2.75) is 13.3 Å². The van der Waals surface area contributed by atoms with Gasteiger partial charge < -0.3 is 0 Å². The van der Waals surface area contributed by atoms with Crippen molar-refractivity contribution in [2.24, 2.45) is 4.99 Å². The van der Waals surface area contributed by atoms with E-state index in [9.17, 15) is 4.79 Å². The normalized spacial score (nSPS) is 17.5. The minimum atomic E-state index is -0.154. The summed E-state index contributed by atoms with van der Waals surface area (Å²) in [4.78, 5) is 17.8. The summed E-state index contributed by atoms with van der Waals surface area (Å²) in [6.07, 6.45) is 4.34. The topological polar surface area (TPSA) is 70.5 Å². The fraction of sp³-hybridized carbons (Fsp3) is 0.176. The standard InChI is InChI=1S/C17H16BrN5OS2/c1-3-9-19-23-15(24)13(10-11-5-7-12(18)8-6-11)25-17(23)20-16-22-21-14(4-2)26-16/h3,5-8,10,19H,1,4,9H2,2H3/b13-10+,20-17-. The van der Waals surface area contributed by atoms with Crippen molar-refractivity contribution in [1.29, 1.82) is 0 Å². The molecule has 1 fully saturated rings. The molecule has 0 saturated carbocycles. The van der Waals surface area contributed by atoms with E-state index in [0.29, 0.717) is 21.7 Å². The van der Waals surface area contributed by atoms with E-state index in [2.05, 4.69) is 43.1 Å². The number of hydrogen-bond donors (Lipinski definition) is 1. The summed E-state index contributed by atoms with van der Waals surface area (Å²) < 4.78 is 0.990. The lowest BCUT2D eigenvalue weighted by Gasteiger charge is -2.14. The number of benzene rings is 1. The Morgan fingerprint density at radius 3 is 2.77 bits per heavy atom. The largest absolute Gasteiger partial charge is 0.281 e. The average Bonchev–Trinajstić information content (AvgIpc) is 3.21. The quantitative estimate of drug-likeness (QED) is 0.529. The van der Waals surface area contributed by atoms with E-state index in [4.69, 9.17) is 0 Å². The molecule has 0 atom stereocenters. The predicted octanol–water partition coefficient (Wildman–Crippen LogP) is 4.16. The highest BCUT2D eigenvalue weighted by molar-refractivity contribution is 9.10. The second kappa shape index (κ2) is 8.72. The third-order valence-corrected chi connectivity index (χ3v) is 5.78. The van der Waals surface area contributed by atoms with Gasteiger partial charge in [-0.05, 0) is 42.0 Å². The fourth-order valence-corrected chi connectivity index (χ4v) is 3.98. The molecule has 6 nitrogen and oxygen atoms in total. The average molecular weight is 450 g/mol. The number of halogens is 1. The number of carbonyl (C=O) groups is 1. The molecule has 3 rings (SSSR count). The van der Waals surface area contributed by atoms with Crippen LogP contribution >= 0.6 is 39.0 Å². The summed E-state index contributed by atoms with van der Waals surface area (Å²) in [5, 5.41) is 11.5. The van der Waals surface area contributed by atoms with Gasteiger partial charge in [0, 0.05) is 11.0 Å². The van der Waals surface area contributed by atoms with Crippen molar-refractivity contribution in [1.82, 2.24) is 20.6 Å². The third-order valence-electron chi connectivity index (χ3n) is 3.32. The maximum absolute atomic E-state index is 12.8. The summed E-state index contributed by atoms with van der Waals surface area (Å²) in [6, 6.07) is 7.76. The van der Waals surface area contributed by atoms with Gasteiger partial charge in [-0.3, -0.25) is 4.79 Å². The minimum Gasteiger partial charge on any atom is -0.267 e. The van der Waals surface area contributed by atoms with Crippen molar-refractivity contribution < 1.29 is 4.79 Å². The first kappa shape index (κ1) is 19.0. The number of hydrazine groups is 1. The first-order chi connectivity index (χ1) is 12.6. The predicted molar refractivity (Wildman–Crippen MR) is 111 cm³/mol. The van der Waals surface area contributed by atoms with Crippen LogP contribution in [-0.2, 0) is 11.2 Å². The molecule has 9 heteroatoms. The molecule has 1 aromatic carbocycles. The maximum Gasteiger partial charge on any atom is 0.281 e. The van der Waals surface area contributed by atoms with Gasteiger partial charge in [0.05, 0.1) is 4.91 Å². The first-order valence-corrected chi connectivity index (χ1v) is 10.3. The van der Waals surface area contributed by atoms with Gasteiger partial charge in [0.1, 0.15) is 5.01 Å². The summed E-state index contributed by atoms with van der Waals surface area (Å²) >= 11 is 6.14. The van der Waals surface area contributed by atoms with Crippen LogP contribution in [-0.4, -0.2) is 32.8 Å². The van der Waals surface area contributed by atoms with Gasteiger partial charge in [0.25, 0.3) is 5.91 Å². The number of amidine groups is 1. The highest BCUT2D eigenvalue weighted by Gasteiger charge is 2.33. The van der Waals surface area contributed by atoms with Crippen LogP contribution in [0.4, 0.5) is 5.13 Å². The SMILES string of the molecule is C=CCNN1C(=O)/C(=C\c2ccc(Br)cc2)S/C1=N\c1nnc(CC)s1. The van der Waals surface area contributed by atoms with Gasteiger partial charge in [0.15, 0.2) is 5.17 Å². The molecule has 1 aliphatic heterocycles. The van der Waals surface area contributed by atoms with E-state index in [1.54, 1.807) is 6.08 Å². The highest BCUT2D eigenvalue weighted by Crippen LogP contribution is 2.33. The Hall–Kier alpha value is -1.81. The monoisotopic (exact) mass is 449 g/mol. The van der Waals surface area contributed by atoms with Crippen LogP contribution in [0.3, 0.4) is 0 Å². The van der Waals surface area contributed by atoms with Gasteiger partial charge in [-0.1, -0.05) is 52.4 Å². The van der Waals surface area contributed by atoms with Crippen molar-refractivity contribution in [3.05, 3.63) is 56.9 Å². The number of aliphatic imine (C=N–C) groups is 1. The van der Waals surface area contributed by atoms with Crippen molar-refractivity contribution >= 4 is 61.3 Å². The van der Waals surface area contributed by atoms with Crippen LogP contribution in [0.2, 0.25) is 0 Å². The molecule has 1 N–H and O–H groups in total. The number of aryl methyl sites for hydroxylation is 1. The molecule has 2 aromatic rings. The Kier molecular flexibility index (Phi) is 6.36. The highest BCUT2D eigenvalue weighted by atomic mass is 79.9. The molecule has 0 unspecified atom stereocenters. The lowest BCUT2D eigenvalue weighted by atomic mass is 10.2. The Labute approximate surface area is 168 Å². The molecule has 1 amide bonds. The van der Waals surface area contributed by atoms with Gasteiger partial charge in [-0.25, -0.2) is 10.4 Å². The molecule has 1 saturated heterocycles. The van der Waals surface area contributed by atoms with Crippen LogP contribution in [0.25, 0.3) is 6.08 Å². The Morgan fingerprint density at radius 2 is 2.12 bits per heavy atom. The van der Waals surface area contributed by atoms with E-state index >= 15 is 0 Å². The molecule has 0 aliphatic carbocycles. The number of nitrogens with one attached hydrogen (secondary N) is 1. The molecule has 1 aromatic heterocycles. The second-order valence-corrected chi connectivity index (χ2v) is 8.15. The van der Waals surface area contributed by atoms with E-state index in [1.165, 1.54) is 28.1 Å². The second-order valence-electron chi connectivity index (χ2n) is 5.18. The fourth-order valence-electron chi connectivity index (χ4n) is 2.07. The van der Waals surface area contributed by atoms with Crippen molar-refractivity contribution in [3.63, 3.8) is 0 Å². The smallest absolute Gasteiger partial charge is 0.267 e. The molecule has 134 valence electrons. The van der Waals surface area contributed by atoms with E-state index in [-0.39, 0.29) is 5.91 Å². The molecule has 0 bridgehead atoms. The van der Waals surface area contributed by atoms with Crippen molar-refractivity contribution in [2.75, 3.05) is 6.54 Å². The van der Waals surface area contributed by atoms with Crippen molar-refractivity contribution in [3.8, 4) is 0 Å². The molecular weight excluding hydrogens is 434 g/mol. The number of thioether (sulfide) groups is 1. The Morgan fingerprint density at radius 1 is 1.35 bits per heavy atom. The first-order valence-electron chi connectivity index (χ1n) is 7.85. The number of rotatable bonds is 6. The molecule has 1 aliphatic rings. The summed E-state index contributed by atoms with van der Waals surface area (Å²) in [6.45, 7) is 6.15. The van der Waals surface area contributed by atoms with Crippen LogP contribution in [0.1, 0.15) is 17.5 Å². The molecular formula is C17H16BrN5OS2. The number of nitrogens with zero attached hydrogens (tertiary/aromatic N) is 4.